The minimum atomic E-state index is -0.728. The van der Waals surface area contributed by atoms with E-state index in [0.29, 0.717) is 19.6 Å². The summed E-state index contributed by atoms with van der Waals surface area (Å²) in [7, 11) is 3.18. The number of methoxy groups -OCH3 is 2. The Hall–Kier alpha value is -1.58. The Labute approximate surface area is 132 Å². The third-order valence-corrected chi connectivity index (χ3v) is 3.04. The molecule has 0 radical (unpaired) electrons. The van der Waals surface area contributed by atoms with Crippen molar-refractivity contribution in [3.8, 4) is 17.6 Å². The normalized spacial score (nSPS) is 13.1. The number of aliphatic hydroxyl groups excluding tert-OH is 1. The molecule has 22 heavy (non-hydrogen) atoms. The zero-order valence-corrected chi connectivity index (χ0v) is 13.4. The van der Waals surface area contributed by atoms with Crippen molar-refractivity contribution >= 4 is 0 Å². The molecule has 5 nitrogen and oxygen atoms in total. The predicted molar refractivity (Wildman–Crippen MR) is 83.5 cm³/mol. The van der Waals surface area contributed by atoms with E-state index in [-0.39, 0.29) is 13.4 Å². The monoisotopic (exact) mass is 308 g/mol. The van der Waals surface area contributed by atoms with Gasteiger partial charge in [0.2, 0.25) is 0 Å². The molecule has 0 fully saturated rings. The summed E-state index contributed by atoms with van der Waals surface area (Å²) in [5.41, 5.74) is 0.324. The molecule has 0 aliphatic heterocycles. The summed E-state index contributed by atoms with van der Waals surface area (Å²) in [5, 5.41) is 9.07. The van der Waals surface area contributed by atoms with E-state index < -0.39 is 5.60 Å². The van der Waals surface area contributed by atoms with Crippen molar-refractivity contribution in [1.29, 1.82) is 0 Å². The molecule has 122 valence electrons. The zero-order chi connectivity index (χ0) is 16.3. The van der Waals surface area contributed by atoms with Crippen molar-refractivity contribution < 1.29 is 24.1 Å². The SMILES string of the molecule is COCOC(C)(C#CCOCc1ccc(OC)cc1)CCO. The van der Waals surface area contributed by atoms with Gasteiger partial charge in [0.15, 0.2) is 0 Å². The van der Waals surface area contributed by atoms with Crippen LogP contribution in [0.4, 0.5) is 0 Å². The quantitative estimate of drug-likeness (QED) is 0.429. The first-order valence-electron chi connectivity index (χ1n) is 7.08. The van der Waals surface area contributed by atoms with E-state index in [4.69, 9.17) is 24.1 Å². The molecular formula is C17H24O5. The first-order chi connectivity index (χ1) is 10.6. The van der Waals surface area contributed by atoms with Crippen LogP contribution in [0.3, 0.4) is 0 Å². The lowest BCUT2D eigenvalue weighted by Gasteiger charge is -2.22. The van der Waals surface area contributed by atoms with E-state index in [9.17, 15) is 0 Å². The molecule has 1 aromatic rings. The molecule has 0 aliphatic rings. The van der Waals surface area contributed by atoms with E-state index in [1.54, 1.807) is 14.2 Å². The maximum Gasteiger partial charge on any atom is 0.148 e. The van der Waals surface area contributed by atoms with E-state index in [2.05, 4.69) is 11.8 Å². The highest BCUT2D eigenvalue weighted by Gasteiger charge is 2.21. The van der Waals surface area contributed by atoms with Gasteiger partial charge in [-0.2, -0.15) is 0 Å². The van der Waals surface area contributed by atoms with Gasteiger partial charge in [-0.15, -0.1) is 0 Å². The van der Waals surface area contributed by atoms with E-state index in [1.807, 2.05) is 31.2 Å². The smallest absolute Gasteiger partial charge is 0.148 e. The largest absolute Gasteiger partial charge is 0.497 e. The van der Waals surface area contributed by atoms with Crippen LogP contribution >= 0.6 is 0 Å². The van der Waals surface area contributed by atoms with Gasteiger partial charge in [0.1, 0.15) is 24.8 Å². The molecule has 0 spiro atoms. The summed E-state index contributed by atoms with van der Waals surface area (Å²) >= 11 is 0. The number of hydrogen-bond acceptors (Lipinski definition) is 5. The Balaban J connectivity index is 2.40. The first kappa shape index (κ1) is 18.5. The minimum absolute atomic E-state index is 0.00159. The van der Waals surface area contributed by atoms with Crippen LogP contribution < -0.4 is 4.74 Å². The third-order valence-electron chi connectivity index (χ3n) is 3.04. The summed E-state index contributed by atoms with van der Waals surface area (Å²) in [6, 6.07) is 7.68. The van der Waals surface area contributed by atoms with Crippen LogP contribution in [0, 0.1) is 11.8 Å². The van der Waals surface area contributed by atoms with Gasteiger partial charge < -0.3 is 24.1 Å². The summed E-state index contributed by atoms with van der Waals surface area (Å²) in [6.45, 7) is 2.73. The second-order valence-electron chi connectivity index (χ2n) is 4.90. The third kappa shape index (κ3) is 6.92. The Morgan fingerprint density at radius 2 is 1.91 bits per heavy atom. The number of hydrogen-bond donors (Lipinski definition) is 1. The highest BCUT2D eigenvalue weighted by Crippen LogP contribution is 2.14. The molecule has 1 unspecified atom stereocenters. The molecule has 0 heterocycles. The van der Waals surface area contributed by atoms with Crippen LogP contribution in [0.15, 0.2) is 24.3 Å². The number of ether oxygens (including phenoxy) is 4. The second kappa shape index (κ2) is 10.2. The van der Waals surface area contributed by atoms with Gasteiger partial charge in [0.25, 0.3) is 0 Å². The predicted octanol–water partition coefficient (Wildman–Crippen LogP) is 1.98. The van der Waals surface area contributed by atoms with Gasteiger partial charge in [0, 0.05) is 20.1 Å². The standard InChI is InChI=1S/C17H24O5/c1-17(10-11-18,22-14-19-2)9-4-12-21-13-15-5-7-16(20-3)8-6-15/h5-8,18H,10-14H2,1-3H3. The molecule has 0 amide bonds. The number of aliphatic hydroxyl groups is 1. The Kier molecular flexibility index (Phi) is 8.56. The lowest BCUT2D eigenvalue weighted by Crippen LogP contribution is -2.29. The first-order valence-corrected chi connectivity index (χ1v) is 7.08. The fraction of sp³-hybridized carbons (Fsp3) is 0.529. The van der Waals surface area contributed by atoms with Crippen molar-refractivity contribution in [2.24, 2.45) is 0 Å². The Bertz CT molecular complexity index is 474. The highest BCUT2D eigenvalue weighted by molar-refractivity contribution is 5.26. The molecule has 1 atom stereocenters. The average molecular weight is 308 g/mol. The topological polar surface area (TPSA) is 57.2 Å². The Morgan fingerprint density at radius 1 is 1.18 bits per heavy atom. The number of benzene rings is 1. The molecule has 0 aromatic heterocycles. The summed E-state index contributed by atoms with van der Waals surface area (Å²) < 4.78 is 21.0. The van der Waals surface area contributed by atoms with Gasteiger partial charge in [0.05, 0.1) is 13.7 Å². The van der Waals surface area contributed by atoms with Crippen LogP contribution in [-0.2, 0) is 20.8 Å². The van der Waals surface area contributed by atoms with Gasteiger partial charge >= 0.3 is 0 Å². The van der Waals surface area contributed by atoms with Crippen molar-refractivity contribution in [2.45, 2.75) is 25.6 Å². The van der Waals surface area contributed by atoms with Crippen LogP contribution in [0.2, 0.25) is 0 Å². The van der Waals surface area contributed by atoms with Crippen molar-refractivity contribution in [1.82, 2.24) is 0 Å². The zero-order valence-electron chi connectivity index (χ0n) is 13.4. The lowest BCUT2D eigenvalue weighted by molar-refractivity contribution is -0.102. The van der Waals surface area contributed by atoms with E-state index in [0.717, 1.165) is 11.3 Å². The van der Waals surface area contributed by atoms with Crippen molar-refractivity contribution in [2.75, 3.05) is 34.2 Å². The maximum atomic E-state index is 9.07. The van der Waals surface area contributed by atoms with Gasteiger partial charge in [-0.25, -0.2) is 0 Å². The van der Waals surface area contributed by atoms with Gasteiger partial charge in [-0.05, 0) is 24.6 Å². The van der Waals surface area contributed by atoms with Gasteiger partial charge in [-0.3, -0.25) is 0 Å². The van der Waals surface area contributed by atoms with Gasteiger partial charge in [-0.1, -0.05) is 24.0 Å². The van der Waals surface area contributed by atoms with E-state index in [1.165, 1.54) is 0 Å². The number of rotatable bonds is 9. The highest BCUT2D eigenvalue weighted by atomic mass is 16.7. The summed E-state index contributed by atoms with van der Waals surface area (Å²) in [5.74, 6) is 6.72. The second-order valence-corrected chi connectivity index (χ2v) is 4.90. The molecule has 0 bridgehead atoms. The summed E-state index contributed by atoms with van der Waals surface area (Å²) in [6.07, 6.45) is 0.418. The molecular weight excluding hydrogens is 284 g/mol. The lowest BCUT2D eigenvalue weighted by atomic mass is 10.0. The van der Waals surface area contributed by atoms with Crippen molar-refractivity contribution in [3.05, 3.63) is 29.8 Å². The molecule has 1 aromatic carbocycles. The molecule has 0 aliphatic carbocycles. The van der Waals surface area contributed by atoms with E-state index >= 15 is 0 Å². The fourth-order valence-corrected chi connectivity index (χ4v) is 1.74. The minimum Gasteiger partial charge on any atom is -0.497 e. The molecule has 0 saturated carbocycles. The average Bonchev–Trinajstić information content (AvgIpc) is 2.53. The van der Waals surface area contributed by atoms with Crippen LogP contribution in [-0.4, -0.2) is 44.9 Å². The van der Waals surface area contributed by atoms with Crippen LogP contribution in [0.25, 0.3) is 0 Å². The maximum absolute atomic E-state index is 9.07. The molecule has 0 saturated heterocycles. The molecule has 1 N–H and O–H groups in total. The van der Waals surface area contributed by atoms with Crippen LogP contribution in [0.5, 0.6) is 5.75 Å². The van der Waals surface area contributed by atoms with Crippen molar-refractivity contribution in [3.63, 3.8) is 0 Å². The Morgan fingerprint density at radius 3 is 2.50 bits per heavy atom. The summed E-state index contributed by atoms with van der Waals surface area (Å²) in [4.78, 5) is 0. The van der Waals surface area contributed by atoms with Crippen LogP contribution in [0.1, 0.15) is 18.9 Å². The fourth-order valence-electron chi connectivity index (χ4n) is 1.74. The molecule has 5 heteroatoms. The molecule has 1 rings (SSSR count).